The van der Waals surface area contributed by atoms with E-state index in [2.05, 4.69) is 11.6 Å². The van der Waals surface area contributed by atoms with E-state index in [4.69, 9.17) is 27.9 Å². The molecule has 0 aliphatic heterocycles. The summed E-state index contributed by atoms with van der Waals surface area (Å²) in [4.78, 5) is 16.5. The van der Waals surface area contributed by atoms with E-state index >= 15 is 0 Å². The molecule has 0 saturated carbocycles. The van der Waals surface area contributed by atoms with E-state index in [9.17, 15) is 4.79 Å². The quantitative estimate of drug-likeness (QED) is 0.446. The molecular formula is C17H11Cl2NO2S. The third-order valence-corrected chi connectivity index (χ3v) is 4.72. The second kappa shape index (κ2) is 6.71. The largest absolute Gasteiger partial charge is 0.458 e. The van der Waals surface area contributed by atoms with Crippen LogP contribution in [-0.2, 0) is 4.74 Å². The van der Waals surface area contributed by atoms with Crippen LogP contribution in [0.25, 0.3) is 20.8 Å². The zero-order chi connectivity index (χ0) is 16.4. The van der Waals surface area contributed by atoms with E-state index in [0.29, 0.717) is 15.6 Å². The molecule has 0 aliphatic carbocycles. The summed E-state index contributed by atoms with van der Waals surface area (Å²) < 4.78 is 5.93. The number of esters is 1. The molecular weight excluding hydrogens is 353 g/mol. The maximum Gasteiger partial charge on any atom is 0.338 e. The number of halogens is 2. The van der Waals surface area contributed by atoms with Crippen molar-refractivity contribution in [3.63, 3.8) is 0 Å². The molecule has 1 aromatic heterocycles. The Morgan fingerprint density at radius 1 is 1.26 bits per heavy atom. The van der Waals surface area contributed by atoms with Crippen molar-refractivity contribution in [3.8, 4) is 10.6 Å². The third-order valence-electron chi connectivity index (χ3n) is 3.12. The van der Waals surface area contributed by atoms with Gasteiger partial charge in [-0.3, -0.25) is 0 Å². The highest BCUT2D eigenvalue weighted by Gasteiger charge is 2.13. The number of fused-ring (bicyclic) bond motifs is 1. The molecule has 0 radical (unpaired) electrons. The first-order valence-electron chi connectivity index (χ1n) is 6.72. The predicted molar refractivity (Wildman–Crippen MR) is 95.6 cm³/mol. The van der Waals surface area contributed by atoms with Crippen molar-refractivity contribution in [2.75, 3.05) is 6.61 Å². The van der Waals surface area contributed by atoms with Gasteiger partial charge in [-0.15, -0.1) is 11.3 Å². The van der Waals surface area contributed by atoms with Gasteiger partial charge in [0.25, 0.3) is 0 Å². The summed E-state index contributed by atoms with van der Waals surface area (Å²) in [6, 6.07) is 10.5. The molecule has 23 heavy (non-hydrogen) atoms. The van der Waals surface area contributed by atoms with Crippen LogP contribution < -0.4 is 0 Å². The highest BCUT2D eigenvalue weighted by molar-refractivity contribution is 7.21. The maximum absolute atomic E-state index is 11.9. The Hall–Kier alpha value is -1.88. The van der Waals surface area contributed by atoms with E-state index in [1.54, 1.807) is 30.3 Å². The summed E-state index contributed by atoms with van der Waals surface area (Å²) in [6.45, 7) is 3.71. The average Bonchev–Trinajstić information content (AvgIpc) is 2.95. The number of ether oxygens (including phenoxy) is 1. The molecule has 3 aromatic rings. The van der Waals surface area contributed by atoms with Crippen molar-refractivity contribution in [1.29, 1.82) is 0 Å². The molecule has 3 nitrogen and oxygen atoms in total. The second-order valence-electron chi connectivity index (χ2n) is 4.71. The standard InChI is InChI=1S/C17H11Cl2NO2S/c1-2-7-22-17(21)10-3-6-14-15(8-10)23-16(20-14)12-5-4-11(18)9-13(12)19/h2-6,8-9H,1,7H2. The average molecular weight is 364 g/mol. The number of rotatable bonds is 4. The molecule has 0 unspecified atom stereocenters. The normalized spacial score (nSPS) is 10.7. The Balaban J connectivity index is 1.99. The first-order chi connectivity index (χ1) is 11.1. The fourth-order valence-corrected chi connectivity index (χ4v) is 3.65. The molecule has 116 valence electrons. The van der Waals surface area contributed by atoms with Crippen LogP contribution in [0.4, 0.5) is 0 Å². The summed E-state index contributed by atoms with van der Waals surface area (Å²) in [5, 5.41) is 1.90. The summed E-state index contributed by atoms with van der Waals surface area (Å²) in [6.07, 6.45) is 1.53. The van der Waals surface area contributed by atoms with Crippen LogP contribution in [0, 0.1) is 0 Å². The van der Waals surface area contributed by atoms with Crippen molar-refractivity contribution in [1.82, 2.24) is 4.98 Å². The number of hydrogen-bond donors (Lipinski definition) is 0. The molecule has 0 saturated heterocycles. The van der Waals surface area contributed by atoms with Crippen LogP contribution in [0.5, 0.6) is 0 Å². The zero-order valence-electron chi connectivity index (χ0n) is 11.9. The van der Waals surface area contributed by atoms with Crippen LogP contribution in [0.3, 0.4) is 0 Å². The predicted octanol–water partition coefficient (Wildman–Crippen LogP) is 5.61. The molecule has 0 bridgehead atoms. The lowest BCUT2D eigenvalue weighted by molar-refractivity contribution is 0.0550. The summed E-state index contributed by atoms with van der Waals surface area (Å²) in [5.41, 5.74) is 2.10. The minimum Gasteiger partial charge on any atom is -0.458 e. The van der Waals surface area contributed by atoms with E-state index in [0.717, 1.165) is 20.8 Å². The van der Waals surface area contributed by atoms with Crippen molar-refractivity contribution < 1.29 is 9.53 Å². The van der Waals surface area contributed by atoms with Gasteiger partial charge in [-0.1, -0.05) is 35.9 Å². The first-order valence-corrected chi connectivity index (χ1v) is 8.30. The molecule has 6 heteroatoms. The fourth-order valence-electron chi connectivity index (χ4n) is 2.05. The lowest BCUT2D eigenvalue weighted by Gasteiger charge is -2.00. The smallest absolute Gasteiger partial charge is 0.338 e. The van der Waals surface area contributed by atoms with Gasteiger partial charge < -0.3 is 4.74 Å². The van der Waals surface area contributed by atoms with E-state index in [1.807, 2.05) is 6.07 Å². The van der Waals surface area contributed by atoms with Crippen LogP contribution in [0.2, 0.25) is 10.0 Å². The van der Waals surface area contributed by atoms with Gasteiger partial charge in [0.1, 0.15) is 11.6 Å². The molecule has 0 atom stereocenters. The zero-order valence-corrected chi connectivity index (χ0v) is 14.2. The molecule has 0 N–H and O–H groups in total. The lowest BCUT2D eigenvalue weighted by Crippen LogP contribution is -2.04. The highest BCUT2D eigenvalue weighted by atomic mass is 35.5. The molecule has 0 amide bonds. The molecule has 3 rings (SSSR count). The van der Waals surface area contributed by atoms with Gasteiger partial charge in [-0.05, 0) is 36.4 Å². The van der Waals surface area contributed by atoms with Crippen LogP contribution in [-0.4, -0.2) is 17.6 Å². The Morgan fingerprint density at radius 3 is 2.83 bits per heavy atom. The minimum atomic E-state index is -0.383. The van der Waals surface area contributed by atoms with Crippen LogP contribution >= 0.6 is 34.5 Å². The van der Waals surface area contributed by atoms with Crippen molar-refractivity contribution in [2.45, 2.75) is 0 Å². The van der Waals surface area contributed by atoms with Gasteiger partial charge in [0.05, 0.1) is 20.8 Å². The summed E-state index contributed by atoms with van der Waals surface area (Å²) in [7, 11) is 0. The minimum absolute atomic E-state index is 0.186. The second-order valence-corrected chi connectivity index (χ2v) is 6.59. The molecule has 0 aliphatic rings. The van der Waals surface area contributed by atoms with Gasteiger partial charge in [0, 0.05) is 10.6 Å². The Kier molecular flexibility index (Phi) is 4.66. The number of hydrogen-bond acceptors (Lipinski definition) is 4. The topological polar surface area (TPSA) is 39.2 Å². The maximum atomic E-state index is 11.9. The lowest BCUT2D eigenvalue weighted by atomic mass is 10.2. The Bertz CT molecular complexity index is 905. The van der Waals surface area contributed by atoms with Crippen molar-refractivity contribution in [3.05, 3.63) is 64.7 Å². The van der Waals surface area contributed by atoms with E-state index in [-0.39, 0.29) is 12.6 Å². The molecule has 2 aromatic carbocycles. The van der Waals surface area contributed by atoms with Gasteiger partial charge in [-0.2, -0.15) is 0 Å². The first kappa shape index (κ1) is 16.0. The number of thiazole rings is 1. The number of carbonyl (C=O) groups excluding carboxylic acids is 1. The molecule has 0 spiro atoms. The van der Waals surface area contributed by atoms with E-state index < -0.39 is 0 Å². The SMILES string of the molecule is C=CCOC(=O)c1ccc2nc(-c3ccc(Cl)cc3Cl)sc2c1. The number of carbonyl (C=O) groups is 1. The Morgan fingerprint density at radius 2 is 2.09 bits per heavy atom. The monoisotopic (exact) mass is 363 g/mol. The third kappa shape index (κ3) is 3.39. The summed E-state index contributed by atoms with van der Waals surface area (Å²) >= 11 is 13.6. The van der Waals surface area contributed by atoms with Crippen molar-refractivity contribution in [2.24, 2.45) is 0 Å². The number of aromatic nitrogens is 1. The van der Waals surface area contributed by atoms with Gasteiger partial charge in [-0.25, -0.2) is 9.78 Å². The van der Waals surface area contributed by atoms with E-state index in [1.165, 1.54) is 17.4 Å². The highest BCUT2D eigenvalue weighted by Crippen LogP contribution is 2.35. The van der Waals surface area contributed by atoms with Gasteiger partial charge in [0.2, 0.25) is 0 Å². The van der Waals surface area contributed by atoms with Gasteiger partial charge >= 0.3 is 5.97 Å². The van der Waals surface area contributed by atoms with Crippen LogP contribution in [0.15, 0.2) is 49.1 Å². The van der Waals surface area contributed by atoms with Crippen molar-refractivity contribution >= 4 is 50.7 Å². The van der Waals surface area contributed by atoms with Crippen LogP contribution in [0.1, 0.15) is 10.4 Å². The molecule has 1 heterocycles. The number of benzene rings is 2. The summed E-state index contributed by atoms with van der Waals surface area (Å²) in [5.74, 6) is -0.383. The fraction of sp³-hybridized carbons (Fsp3) is 0.0588. The van der Waals surface area contributed by atoms with Gasteiger partial charge in [0.15, 0.2) is 0 Å². The molecule has 0 fully saturated rings. The number of nitrogens with zero attached hydrogens (tertiary/aromatic N) is 1. The Labute approximate surface area is 147 Å².